The van der Waals surface area contributed by atoms with Gasteiger partial charge < -0.3 is 23.5 Å². The molecule has 0 spiro atoms. The van der Waals surface area contributed by atoms with E-state index in [0.29, 0.717) is 16.4 Å². The van der Waals surface area contributed by atoms with E-state index in [-0.39, 0.29) is 96.3 Å². The number of benzene rings is 4. The van der Waals surface area contributed by atoms with Gasteiger partial charge in [-0.2, -0.15) is 24.2 Å². The fraction of sp³-hybridized carbons (Fsp3) is 0.431. The Kier molecular flexibility index (Phi) is 31.5. The van der Waals surface area contributed by atoms with Gasteiger partial charge in [-0.25, -0.2) is 30.4 Å². The van der Waals surface area contributed by atoms with Gasteiger partial charge in [0.1, 0.15) is 50.1 Å². The van der Waals surface area contributed by atoms with Gasteiger partial charge in [0.15, 0.2) is 17.4 Å². The average molecular weight is 1110 g/mol. The fourth-order valence-electron chi connectivity index (χ4n) is 5.44. The molecule has 6 rings (SSSR count). The molecule has 4 aromatic rings. The van der Waals surface area contributed by atoms with Gasteiger partial charge in [0.2, 0.25) is 11.6 Å². The number of hydroxylamine groups is 4. The van der Waals surface area contributed by atoms with Crippen LogP contribution in [0.15, 0.2) is 72.8 Å². The van der Waals surface area contributed by atoms with Gasteiger partial charge in [-0.15, -0.1) is 0 Å². The topological polar surface area (TPSA) is 211 Å². The van der Waals surface area contributed by atoms with Crippen LogP contribution in [0.5, 0.6) is 23.0 Å². The molecule has 4 aromatic carbocycles. The number of halogens is 7. The summed E-state index contributed by atoms with van der Waals surface area (Å²) in [4.78, 5) is 54.0. The van der Waals surface area contributed by atoms with Gasteiger partial charge >= 0.3 is 29.6 Å². The van der Waals surface area contributed by atoms with Gasteiger partial charge in [-0.3, -0.25) is 28.9 Å². The van der Waals surface area contributed by atoms with Crippen LogP contribution >= 0.6 is 0 Å². The predicted octanol–water partition coefficient (Wildman–Crippen LogP) is 7.22. The second kappa shape index (κ2) is 34.1. The van der Waals surface area contributed by atoms with Crippen LogP contribution in [0.2, 0.25) is 0 Å². The molecular formula is C51H61F7N3NaO13S. The van der Waals surface area contributed by atoms with E-state index in [1.165, 1.54) is 26.0 Å². The summed E-state index contributed by atoms with van der Waals surface area (Å²) < 4.78 is 141. The molecule has 4 amide bonds. The van der Waals surface area contributed by atoms with Gasteiger partial charge in [-0.05, 0) is 132 Å². The Balaban J connectivity index is 0.000000889. The van der Waals surface area contributed by atoms with Crippen molar-refractivity contribution in [1.29, 1.82) is 5.26 Å². The monoisotopic (exact) mass is 1110 g/mol. The van der Waals surface area contributed by atoms with Gasteiger partial charge in [0.05, 0.1) is 54.7 Å². The van der Waals surface area contributed by atoms with Crippen molar-refractivity contribution in [1.82, 2.24) is 10.1 Å². The van der Waals surface area contributed by atoms with E-state index < -0.39 is 86.5 Å². The van der Waals surface area contributed by atoms with Crippen LogP contribution in [0.4, 0.5) is 30.7 Å². The molecule has 76 heavy (non-hydrogen) atoms. The van der Waals surface area contributed by atoms with Crippen LogP contribution in [0, 0.1) is 52.1 Å². The Labute approximate surface area is 460 Å². The number of hydrogen-bond acceptors (Lipinski definition) is 14. The summed E-state index contributed by atoms with van der Waals surface area (Å²) in [6, 6.07) is 18.4. The molecule has 2 heterocycles. The maximum atomic E-state index is 12.9. The third-order valence-electron chi connectivity index (χ3n) is 8.22. The molecule has 1 unspecified atom stereocenters. The minimum absolute atomic E-state index is 0. The van der Waals surface area contributed by atoms with Gasteiger partial charge in [-0.1, -0.05) is 0 Å². The first-order chi connectivity index (χ1) is 34.7. The number of ether oxygens (including phenoxy) is 4. The zero-order valence-electron chi connectivity index (χ0n) is 44.3. The summed E-state index contributed by atoms with van der Waals surface area (Å²) >= 11 is 0. The zero-order valence-corrected chi connectivity index (χ0v) is 47.1. The molecule has 25 heteroatoms. The smallest absolute Gasteiger partial charge is 0.747 e. The third kappa shape index (κ3) is 26.8. The van der Waals surface area contributed by atoms with Crippen molar-refractivity contribution in [2.24, 2.45) is 0 Å². The average Bonchev–Trinajstić information content (AvgIpc) is 3.76. The molecular weight excluding hydrogens is 1050 g/mol. The van der Waals surface area contributed by atoms with E-state index >= 15 is 0 Å². The number of carbonyl (C=O) groups excluding carboxylic acids is 4. The van der Waals surface area contributed by atoms with E-state index in [4.69, 9.17) is 29.1 Å². The molecule has 0 saturated carbocycles. The van der Waals surface area contributed by atoms with Crippen LogP contribution in [0.25, 0.3) is 0 Å². The molecule has 2 aliphatic heterocycles. The summed E-state index contributed by atoms with van der Waals surface area (Å²) in [6.45, 7) is 21.1. The van der Waals surface area contributed by atoms with E-state index in [2.05, 4.69) is 10.8 Å². The first-order valence-corrected chi connectivity index (χ1v) is 24.4. The van der Waals surface area contributed by atoms with Crippen molar-refractivity contribution in [3.8, 4) is 29.1 Å². The summed E-state index contributed by atoms with van der Waals surface area (Å²) in [6.07, 6.45) is -0.981. The quantitative estimate of drug-likeness (QED) is 0.0426. The predicted molar refractivity (Wildman–Crippen MR) is 257 cm³/mol. The molecule has 0 bridgehead atoms. The molecule has 2 aliphatic rings. The van der Waals surface area contributed by atoms with Crippen LogP contribution < -0.4 is 48.5 Å². The van der Waals surface area contributed by atoms with Crippen LogP contribution in [0.1, 0.15) is 108 Å². The van der Waals surface area contributed by atoms with E-state index in [0.717, 1.165) is 29.0 Å². The first-order valence-electron chi connectivity index (χ1n) is 23.0. The van der Waals surface area contributed by atoms with Gasteiger partial charge in [0.25, 0.3) is 23.6 Å². The van der Waals surface area contributed by atoms with Crippen molar-refractivity contribution in [3.63, 3.8) is 0 Å². The van der Waals surface area contributed by atoms with E-state index in [1.54, 1.807) is 77.9 Å². The van der Waals surface area contributed by atoms with E-state index in [9.17, 15) is 62.9 Å². The van der Waals surface area contributed by atoms with Crippen molar-refractivity contribution < 1.29 is 121 Å². The summed E-state index contributed by atoms with van der Waals surface area (Å²) in [5, 5.41) is 7.89. The van der Waals surface area contributed by atoms with Crippen LogP contribution in [-0.4, -0.2) is 88.6 Å². The van der Waals surface area contributed by atoms with Crippen molar-refractivity contribution in [3.05, 3.63) is 119 Å². The molecule has 0 aliphatic carbocycles. The third-order valence-corrected chi connectivity index (χ3v) is 9.29. The van der Waals surface area contributed by atoms with Crippen molar-refractivity contribution in [2.75, 3.05) is 0 Å². The molecule has 1 atom stereocenters. The summed E-state index contributed by atoms with van der Waals surface area (Å²) in [5.41, 5.74) is 0.658. The SMILES string of the molecule is CC(C)ON1C(=O)CC(S(=O)(=O)[O-])C1=O.CC(C)ON1C(=O)CCC1=O.CC(C)Oc1c(F)c(F)cc(F)c1F.CC(C)Oc1cc(F)cc(F)c1.CC(C)Oc1ccc(C#N)cc1.CC(C)Oc1ccc(F)cc1.[Na+]. The minimum Gasteiger partial charge on any atom is -0.747 e. The number of amides is 4. The Morgan fingerprint density at radius 3 is 1.26 bits per heavy atom. The molecule has 0 radical (unpaired) electrons. The molecule has 16 nitrogen and oxygen atoms in total. The fourth-order valence-corrected chi connectivity index (χ4v) is 6.13. The number of nitriles is 1. The number of nitrogens with zero attached hydrogens (tertiary/aromatic N) is 3. The van der Waals surface area contributed by atoms with E-state index in [1.807, 2.05) is 27.7 Å². The van der Waals surface area contributed by atoms with Crippen LogP contribution in [0.3, 0.4) is 0 Å². The maximum absolute atomic E-state index is 12.9. The molecule has 2 fully saturated rings. The summed E-state index contributed by atoms with van der Waals surface area (Å²) in [7, 11) is -4.80. The minimum atomic E-state index is -4.80. The number of hydrogen-bond donors (Lipinski definition) is 0. The Hall–Kier alpha value is -5.81. The Bertz CT molecular complexity index is 2580. The largest absolute Gasteiger partial charge is 1.00 e. The second-order valence-corrected chi connectivity index (χ2v) is 18.8. The summed E-state index contributed by atoms with van der Waals surface area (Å²) in [5.74, 6) is -9.11. The van der Waals surface area contributed by atoms with Crippen LogP contribution in [-0.2, 0) is 39.0 Å². The Morgan fingerprint density at radius 1 is 0.526 bits per heavy atom. The van der Waals surface area contributed by atoms with Gasteiger partial charge in [0, 0.05) is 37.1 Å². The number of carbonyl (C=O) groups is 4. The molecule has 0 aromatic heterocycles. The number of rotatable bonds is 13. The molecule has 0 N–H and O–H groups in total. The second-order valence-electron chi connectivity index (χ2n) is 17.3. The first kappa shape index (κ1) is 70.2. The normalized spacial score (nSPS) is 13.8. The zero-order chi connectivity index (χ0) is 57.5. The standard InChI is InChI=1S/C10H11NO.C9H8F4O.C9H10F2O.C9H11FO.C7H11NO6S.C7H11NO3.Na/c1-8(2)12-10-5-3-9(7-11)4-6-10;1-4(2)14-9-7(12)5(10)3-6(11)8(9)13;1-6(2)12-9-4-7(10)3-8(11)5-9;1-7(2)11-9-5-3-8(10)4-6-9;1-4(2)14-8-6(9)3-5(7(8)10)15(11,12)13;1-5(2)11-8-6(9)3-4-7(8)10;/h3-6,8H,1-2H3;3-4H,1-2H3;3-6H,1-2H3;3-7H,1-2H3;4-5H,3H2,1-2H3,(H,11,12,13);5H,3-4H2,1-2H3;/q;;;;;;+1/p-1. The number of imide groups is 2. The van der Waals surface area contributed by atoms with Crippen molar-refractivity contribution in [2.45, 2.75) is 144 Å². The Morgan fingerprint density at radius 2 is 0.908 bits per heavy atom. The molecule has 414 valence electrons. The van der Waals surface area contributed by atoms with Crippen molar-refractivity contribution >= 4 is 33.7 Å². The molecule has 2 saturated heterocycles. The maximum Gasteiger partial charge on any atom is 1.00 e.